The summed E-state index contributed by atoms with van der Waals surface area (Å²) in [6, 6.07) is 2.11. The van der Waals surface area contributed by atoms with E-state index in [9.17, 15) is 0 Å². The molecule has 0 amide bonds. The van der Waals surface area contributed by atoms with Crippen molar-refractivity contribution in [2.24, 2.45) is 5.73 Å². The average molecular weight is 141 g/mol. The van der Waals surface area contributed by atoms with Crippen LogP contribution in [0.4, 0.5) is 0 Å². The van der Waals surface area contributed by atoms with Crippen LogP contribution in [0.3, 0.4) is 0 Å². The highest BCUT2D eigenvalue weighted by atomic mass is 15.1. The average Bonchev–Trinajstić information content (AvgIpc) is 1.98. The second-order valence-corrected chi connectivity index (χ2v) is 2.13. The third kappa shape index (κ3) is 4.30. The van der Waals surface area contributed by atoms with E-state index >= 15 is 0 Å². The molecule has 58 valence electrons. The topological polar surface area (TPSA) is 53.0 Å². The van der Waals surface area contributed by atoms with E-state index in [-0.39, 0.29) is 0 Å². The van der Waals surface area contributed by atoms with Crippen LogP contribution in [0.5, 0.6) is 0 Å². The summed E-state index contributed by atoms with van der Waals surface area (Å²) in [5, 5.41) is 8.27. The predicted octanol–water partition coefficient (Wildman–Crippen LogP) is 0.181. The molecule has 2 N–H and O–H groups in total. The number of rotatable bonds is 5. The molecule has 0 aliphatic rings. The van der Waals surface area contributed by atoms with Gasteiger partial charge in [0.25, 0.3) is 0 Å². The molecule has 0 aromatic carbocycles. The van der Waals surface area contributed by atoms with Crippen molar-refractivity contribution in [1.29, 1.82) is 5.26 Å². The first-order chi connectivity index (χ1) is 4.85. The van der Waals surface area contributed by atoms with Gasteiger partial charge in [0.05, 0.1) is 6.07 Å². The Morgan fingerprint density at radius 2 is 2.20 bits per heavy atom. The minimum Gasteiger partial charge on any atom is -0.329 e. The fraction of sp³-hybridized carbons (Fsp3) is 0.857. The van der Waals surface area contributed by atoms with Gasteiger partial charge in [-0.1, -0.05) is 6.92 Å². The van der Waals surface area contributed by atoms with Gasteiger partial charge in [0.1, 0.15) is 0 Å². The molecular formula is C7H15N3. The van der Waals surface area contributed by atoms with Gasteiger partial charge in [-0.15, -0.1) is 0 Å². The monoisotopic (exact) mass is 141 g/mol. The van der Waals surface area contributed by atoms with Crippen molar-refractivity contribution in [2.75, 3.05) is 26.2 Å². The van der Waals surface area contributed by atoms with Gasteiger partial charge in [-0.2, -0.15) is 5.26 Å². The van der Waals surface area contributed by atoms with E-state index in [0.29, 0.717) is 13.0 Å². The number of nitrogens with two attached hydrogens (primary N) is 1. The van der Waals surface area contributed by atoms with Gasteiger partial charge >= 0.3 is 0 Å². The lowest BCUT2D eigenvalue weighted by molar-refractivity contribution is 0.303. The van der Waals surface area contributed by atoms with Crippen molar-refractivity contribution in [1.82, 2.24) is 4.90 Å². The van der Waals surface area contributed by atoms with E-state index in [1.165, 1.54) is 0 Å². The molecule has 0 spiro atoms. The molecule has 0 radical (unpaired) electrons. The van der Waals surface area contributed by atoms with Crippen LogP contribution in [0.1, 0.15) is 13.3 Å². The van der Waals surface area contributed by atoms with Crippen LogP contribution < -0.4 is 5.73 Å². The summed E-state index contributed by atoms with van der Waals surface area (Å²) in [5.74, 6) is 0. The lowest BCUT2D eigenvalue weighted by atomic mass is 10.4. The highest BCUT2D eigenvalue weighted by Crippen LogP contribution is 1.87. The zero-order valence-electron chi connectivity index (χ0n) is 6.51. The zero-order valence-corrected chi connectivity index (χ0v) is 6.51. The van der Waals surface area contributed by atoms with Gasteiger partial charge in [-0.05, 0) is 6.54 Å². The molecule has 3 heteroatoms. The van der Waals surface area contributed by atoms with E-state index in [1.807, 2.05) is 0 Å². The Balaban J connectivity index is 3.32. The van der Waals surface area contributed by atoms with Crippen LogP contribution >= 0.6 is 0 Å². The fourth-order valence-corrected chi connectivity index (χ4v) is 0.819. The molecule has 0 aromatic heterocycles. The largest absolute Gasteiger partial charge is 0.329 e. The Morgan fingerprint density at radius 1 is 1.50 bits per heavy atom. The standard InChI is InChI=1S/C7H15N3/c1-2-10(7-5-9)6-3-4-8/h2-3,5-7,9H2,1H3. The Labute approximate surface area is 62.4 Å². The zero-order chi connectivity index (χ0) is 7.82. The Bertz CT molecular complexity index is 106. The SMILES string of the molecule is CCN(CCN)CCC#N. The lowest BCUT2D eigenvalue weighted by Gasteiger charge is -2.16. The van der Waals surface area contributed by atoms with Crippen LogP contribution in [-0.4, -0.2) is 31.1 Å². The first kappa shape index (κ1) is 9.41. The van der Waals surface area contributed by atoms with E-state index in [1.54, 1.807) is 0 Å². The maximum atomic E-state index is 8.27. The summed E-state index contributed by atoms with van der Waals surface area (Å²) in [6.07, 6.45) is 0.605. The second-order valence-electron chi connectivity index (χ2n) is 2.13. The summed E-state index contributed by atoms with van der Waals surface area (Å²) < 4.78 is 0. The van der Waals surface area contributed by atoms with Gasteiger partial charge in [0, 0.05) is 26.1 Å². The van der Waals surface area contributed by atoms with Crippen molar-refractivity contribution < 1.29 is 0 Å². The molecule has 0 aliphatic heterocycles. The Kier molecular flexibility index (Phi) is 6.14. The minimum absolute atomic E-state index is 0.605. The number of hydrogen-bond donors (Lipinski definition) is 1. The van der Waals surface area contributed by atoms with Crippen molar-refractivity contribution in [3.8, 4) is 6.07 Å². The summed E-state index contributed by atoms with van der Waals surface area (Å²) in [7, 11) is 0. The highest BCUT2D eigenvalue weighted by molar-refractivity contribution is 4.71. The van der Waals surface area contributed by atoms with Crippen LogP contribution in [0.15, 0.2) is 0 Å². The van der Waals surface area contributed by atoms with Crippen LogP contribution in [-0.2, 0) is 0 Å². The number of hydrogen-bond acceptors (Lipinski definition) is 3. The predicted molar refractivity (Wildman–Crippen MR) is 41.4 cm³/mol. The number of nitrogens with zero attached hydrogens (tertiary/aromatic N) is 2. The summed E-state index contributed by atoms with van der Waals surface area (Å²) in [5.41, 5.74) is 5.35. The summed E-state index contributed by atoms with van der Waals surface area (Å²) in [4.78, 5) is 2.17. The number of nitriles is 1. The van der Waals surface area contributed by atoms with E-state index < -0.39 is 0 Å². The first-order valence-corrected chi connectivity index (χ1v) is 3.64. The van der Waals surface area contributed by atoms with Crippen LogP contribution in [0.2, 0.25) is 0 Å². The Hall–Kier alpha value is -0.590. The van der Waals surface area contributed by atoms with Gasteiger partial charge in [0.15, 0.2) is 0 Å². The highest BCUT2D eigenvalue weighted by Gasteiger charge is 1.97. The van der Waals surface area contributed by atoms with Crippen molar-refractivity contribution in [3.63, 3.8) is 0 Å². The maximum Gasteiger partial charge on any atom is 0.0635 e. The molecular weight excluding hydrogens is 126 g/mol. The lowest BCUT2D eigenvalue weighted by Crippen LogP contribution is -2.29. The minimum atomic E-state index is 0.605. The first-order valence-electron chi connectivity index (χ1n) is 3.64. The fourth-order valence-electron chi connectivity index (χ4n) is 0.819. The molecule has 0 atom stereocenters. The molecule has 0 rings (SSSR count). The molecule has 0 saturated heterocycles. The Morgan fingerprint density at radius 3 is 2.60 bits per heavy atom. The second kappa shape index (κ2) is 6.53. The quantitative estimate of drug-likeness (QED) is 0.594. The van der Waals surface area contributed by atoms with Crippen molar-refractivity contribution in [3.05, 3.63) is 0 Å². The molecule has 0 bridgehead atoms. The van der Waals surface area contributed by atoms with E-state index in [0.717, 1.165) is 19.6 Å². The summed E-state index contributed by atoms with van der Waals surface area (Å²) in [6.45, 7) is 5.49. The maximum absolute atomic E-state index is 8.27. The molecule has 3 nitrogen and oxygen atoms in total. The van der Waals surface area contributed by atoms with Gasteiger partial charge in [0.2, 0.25) is 0 Å². The third-order valence-electron chi connectivity index (χ3n) is 1.43. The van der Waals surface area contributed by atoms with Gasteiger partial charge in [-0.3, -0.25) is 0 Å². The van der Waals surface area contributed by atoms with Gasteiger partial charge in [-0.25, -0.2) is 0 Å². The molecule has 0 aliphatic carbocycles. The molecule has 0 aromatic rings. The van der Waals surface area contributed by atoms with E-state index in [2.05, 4.69) is 17.9 Å². The molecule has 10 heavy (non-hydrogen) atoms. The normalized spacial score (nSPS) is 9.80. The van der Waals surface area contributed by atoms with Crippen LogP contribution in [0.25, 0.3) is 0 Å². The molecule has 0 heterocycles. The van der Waals surface area contributed by atoms with Crippen molar-refractivity contribution >= 4 is 0 Å². The molecule has 0 unspecified atom stereocenters. The van der Waals surface area contributed by atoms with Crippen molar-refractivity contribution in [2.45, 2.75) is 13.3 Å². The van der Waals surface area contributed by atoms with Crippen LogP contribution in [0, 0.1) is 11.3 Å². The van der Waals surface area contributed by atoms with Gasteiger partial charge < -0.3 is 10.6 Å². The molecule has 0 fully saturated rings. The van der Waals surface area contributed by atoms with E-state index in [4.69, 9.17) is 11.0 Å². The molecule has 0 saturated carbocycles. The third-order valence-corrected chi connectivity index (χ3v) is 1.43. The smallest absolute Gasteiger partial charge is 0.0635 e. The summed E-state index contributed by atoms with van der Waals surface area (Å²) >= 11 is 0. The number of likely N-dealkylation sites (N-methyl/N-ethyl adjacent to an activating group) is 1.